The Balaban J connectivity index is 2.06. The van der Waals surface area contributed by atoms with Crippen molar-refractivity contribution in [2.45, 2.75) is 13.0 Å². The first-order chi connectivity index (χ1) is 8.85. The van der Waals surface area contributed by atoms with Crippen molar-refractivity contribution in [1.82, 2.24) is 4.90 Å². The third-order valence-electron chi connectivity index (χ3n) is 3.29. The SMILES string of the molecule is CCOc1ccc([C@H](CN)N2CCOCC2)cc1. The van der Waals surface area contributed by atoms with Gasteiger partial charge in [-0.15, -0.1) is 0 Å². The first-order valence-corrected chi connectivity index (χ1v) is 6.59. The zero-order valence-electron chi connectivity index (χ0n) is 11.0. The second-order valence-electron chi connectivity index (χ2n) is 4.40. The minimum Gasteiger partial charge on any atom is -0.494 e. The molecule has 1 heterocycles. The molecule has 1 saturated heterocycles. The highest BCUT2D eigenvalue weighted by molar-refractivity contribution is 5.29. The Kier molecular flexibility index (Phi) is 4.99. The van der Waals surface area contributed by atoms with Crippen molar-refractivity contribution in [2.75, 3.05) is 39.5 Å². The van der Waals surface area contributed by atoms with Crippen LogP contribution < -0.4 is 10.5 Å². The summed E-state index contributed by atoms with van der Waals surface area (Å²) < 4.78 is 10.8. The summed E-state index contributed by atoms with van der Waals surface area (Å²) in [4.78, 5) is 2.39. The van der Waals surface area contributed by atoms with Gasteiger partial charge in [-0.2, -0.15) is 0 Å². The van der Waals surface area contributed by atoms with Crippen molar-refractivity contribution < 1.29 is 9.47 Å². The van der Waals surface area contributed by atoms with E-state index < -0.39 is 0 Å². The molecular formula is C14H22N2O2. The smallest absolute Gasteiger partial charge is 0.119 e. The van der Waals surface area contributed by atoms with Crippen molar-refractivity contribution in [3.05, 3.63) is 29.8 Å². The molecule has 0 spiro atoms. The van der Waals surface area contributed by atoms with E-state index in [0.717, 1.165) is 32.1 Å². The molecule has 1 atom stereocenters. The molecule has 4 nitrogen and oxygen atoms in total. The van der Waals surface area contributed by atoms with E-state index in [4.69, 9.17) is 15.2 Å². The van der Waals surface area contributed by atoms with Crippen LogP contribution in [-0.2, 0) is 4.74 Å². The van der Waals surface area contributed by atoms with Crippen LogP contribution in [0, 0.1) is 0 Å². The van der Waals surface area contributed by atoms with E-state index in [9.17, 15) is 0 Å². The molecule has 1 aliphatic heterocycles. The lowest BCUT2D eigenvalue weighted by Gasteiger charge is -2.34. The van der Waals surface area contributed by atoms with Gasteiger partial charge in [-0.1, -0.05) is 12.1 Å². The monoisotopic (exact) mass is 250 g/mol. The number of morpholine rings is 1. The molecule has 18 heavy (non-hydrogen) atoms. The van der Waals surface area contributed by atoms with Gasteiger partial charge in [-0.05, 0) is 24.6 Å². The van der Waals surface area contributed by atoms with Gasteiger partial charge in [0, 0.05) is 25.7 Å². The highest BCUT2D eigenvalue weighted by Crippen LogP contribution is 2.23. The number of nitrogens with two attached hydrogens (primary N) is 1. The van der Waals surface area contributed by atoms with Crippen LogP contribution in [0.4, 0.5) is 0 Å². The predicted octanol–water partition coefficient (Wildman–Crippen LogP) is 1.42. The summed E-state index contributed by atoms with van der Waals surface area (Å²) in [6, 6.07) is 8.53. The van der Waals surface area contributed by atoms with E-state index in [0.29, 0.717) is 13.2 Å². The van der Waals surface area contributed by atoms with Gasteiger partial charge in [0.05, 0.1) is 19.8 Å². The first-order valence-electron chi connectivity index (χ1n) is 6.59. The highest BCUT2D eigenvalue weighted by atomic mass is 16.5. The van der Waals surface area contributed by atoms with E-state index in [1.807, 2.05) is 19.1 Å². The predicted molar refractivity (Wildman–Crippen MR) is 71.8 cm³/mol. The molecule has 0 amide bonds. The molecule has 1 aromatic carbocycles. The molecule has 2 rings (SSSR count). The molecule has 0 aromatic heterocycles. The highest BCUT2D eigenvalue weighted by Gasteiger charge is 2.21. The fourth-order valence-corrected chi connectivity index (χ4v) is 2.34. The summed E-state index contributed by atoms with van der Waals surface area (Å²) in [6.45, 7) is 6.83. The normalized spacial score (nSPS) is 18.6. The van der Waals surface area contributed by atoms with Crippen LogP contribution in [0.15, 0.2) is 24.3 Å². The molecule has 1 aliphatic rings. The van der Waals surface area contributed by atoms with Crippen LogP contribution in [0.1, 0.15) is 18.5 Å². The maximum absolute atomic E-state index is 5.92. The maximum Gasteiger partial charge on any atom is 0.119 e. The molecule has 2 N–H and O–H groups in total. The molecule has 1 fully saturated rings. The Morgan fingerprint density at radius 1 is 1.28 bits per heavy atom. The van der Waals surface area contributed by atoms with Gasteiger partial charge >= 0.3 is 0 Å². The Hall–Kier alpha value is -1.10. The summed E-state index contributed by atoms with van der Waals surface area (Å²) in [5.41, 5.74) is 7.17. The third kappa shape index (κ3) is 3.22. The summed E-state index contributed by atoms with van der Waals surface area (Å²) in [7, 11) is 0. The Morgan fingerprint density at radius 2 is 1.94 bits per heavy atom. The van der Waals surface area contributed by atoms with Gasteiger partial charge < -0.3 is 15.2 Å². The molecule has 1 aromatic rings. The van der Waals surface area contributed by atoms with Crippen LogP contribution in [0.2, 0.25) is 0 Å². The van der Waals surface area contributed by atoms with Gasteiger partial charge in [0.1, 0.15) is 5.75 Å². The molecule has 0 radical (unpaired) electrons. The Labute approximate surface area is 109 Å². The zero-order chi connectivity index (χ0) is 12.8. The van der Waals surface area contributed by atoms with E-state index in [1.165, 1.54) is 5.56 Å². The van der Waals surface area contributed by atoms with E-state index in [2.05, 4.69) is 17.0 Å². The topological polar surface area (TPSA) is 47.7 Å². The van der Waals surface area contributed by atoms with E-state index in [-0.39, 0.29) is 6.04 Å². The average molecular weight is 250 g/mol. The van der Waals surface area contributed by atoms with Crippen molar-refractivity contribution in [3.8, 4) is 5.75 Å². The largest absolute Gasteiger partial charge is 0.494 e. The Morgan fingerprint density at radius 3 is 2.50 bits per heavy atom. The standard InChI is InChI=1S/C14H22N2O2/c1-2-18-13-5-3-12(4-6-13)14(11-15)16-7-9-17-10-8-16/h3-6,14H,2,7-11,15H2,1H3/t14-/m0/s1. The summed E-state index contributed by atoms with van der Waals surface area (Å²) >= 11 is 0. The van der Waals surface area contributed by atoms with E-state index >= 15 is 0 Å². The maximum atomic E-state index is 5.92. The van der Waals surface area contributed by atoms with Gasteiger partial charge in [0.25, 0.3) is 0 Å². The van der Waals surface area contributed by atoms with Crippen molar-refractivity contribution in [1.29, 1.82) is 0 Å². The van der Waals surface area contributed by atoms with Crippen LogP contribution in [0.25, 0.3) is 0 Å². The summed E-state index contributed by atoms with van der Waals surface area (Å²) in [5.74, 6) is 0.916. The minimum atomic E-state index is 0.282. The number of rotatable bonds is 5. The number of ether oxygens (including phenoxy) is 2. The summed E-state index contributed by atoms with van der Waals surface area (Å²) in [5, 5.41) is 0. The van der Waals surface area contributed by atoms with Gasteiger partial charge in [0.15, 0.2) is 0 Å². The van der Waals surface area contributed by atoms with Crippen LogP contribution >= 0.6 is 0 Å². The molecule has 0 unspecified atom stereocenters. The lowest BCUT2D eigenvalue weighted by Crippen LogP contribution is -2.41. The molecule has 100 valence electrons. The quantitative estimate of drug-likeness (QED) is 0.858. The molecule has 4 heteroatoms. The fourth-order valence-electron chi connectivity index (χ4n) is 2.34. The van der Waals surface area contributed by atoms with Crippen molar-refractivity contribution >= 4 is 0 Å². The second-order valence-corrected chi connectivity index (χ2v) is 4.40. The number of hydrogen-bond donors (Lipinski definition) is 1. The number of nitrogens with zero attached hydrogens (tertiary/aromatic N) is 1. The van der Waals surface area contributed by atoms with E-state index in [1.54, 1.807) is 0 Å². The van der Waals surface area contributed by atoms with Crippen LogP contribution in [0.5, 0.6) is 5.75 Å². The summed E-state index contributed by atoms with van der Waals surface area (Å²) in [6.07, 6.45) is 0. The minimum absolute atomic E-state index is 0.282. The molecule has 0 bridgehead atoms. The fraction of sp³-hybridized carbons (Fsp3) is 0.571. The van der Waals surface area contributed by atoms with Crippen molar-refractivity contribution in [2.24, 2.45) is 5.73 Å². The molecule has 0 aliphatic carbocycles. The van der Waals surface area contributed by atoms with Gasteiger partial charge in [0.2, 0.25) is 0 Å². The lowest BCUT2D eigenvalue weighted by molar-refractivity contribution is 0.0179. The first kappa shape index (κ1) is 13.3. The van der Waals surface area contributed by atoms with Crippen LogP contribution in [0.3, 0.4) is 0 Å². The number of benzene rings is 1. The lowest BCUT2D eigenvalue weighted by atomic mass is 10.0. The van der Waals surface area contributed by atoms with Gasteiger partial charge in [-0.25, -0.2) is 0 Å². The van der Waals surface area contributed by atoms with Crippen LogP contribution in [-0.4, -0.2) is 44.4 Å². The van der Waals surface area contributed by atoms with Gasteiger partial charge in [-0.3, -0.25) is 4.90 Å². The third-order valence-corrected chi connectivity index (χ3v) is 3.29. The average Bonchev–Trinajstić information content (AvgIpc) is 2.43. The molecule has 0 saturated carbocycles. The zero-order valence-corrected chi connectivity index (χ0v) is 11.0. The molecular weight excluding hydrogens is 228 g/mol. The Bertz CT molecular complexity index is 347. The number of hydrogen-bond acceptors (Lipinski definition) is 4. The van der Waals surface area contributed by atoms with Crippen molar-refractivity contribution in [3.63, 3.8) is 0 Å². The second kappa shape index (κ2) is 6.73.